The van der Waals surface area contributed by atoms with E-state index in [-0.39, 0.29) is 6.61 Å². The van der Waals surface area contributed by atoms with Crippen LogP contribution in [-0.4, -0.2) is 31.5 Å². The summed E-state index contributed by atoms with van der Waals surface area (Å²) in [4.78, 5) is 0. The Hall–Kier alpha value is 0.499. The summed E-state index contributed by atoms with van der Waals surface area (Å²) in [6.07, 6.45) is 7.41. The van der Waals surface area contributed by atoms with Gasteiger partial charge in [0.2, 0.25) is 0 Å². The van der Waals surface area contributed by atoms with Crippen LogP contribution in [0.4, 0.5) is 0 Å². The first kappa shape index (κ1) is 13.5. The zero-order chi connectivity index (χ0) is 9.94. The van der Waals surface area contributed by atoms with E-state index in [2.05, 4.69) is 17.9 Å². The van der Waals surface area contributed by atoms with Crippen molar-refractivity contribution in [3.8, 4) is 0 Å². The quantitative estimate of drug-likeness (QED) is 0.681. The minimum absolute atomic E-state index is 0.238. The second kappa shape index (κ2) is 10.6. The Morgan fingerprint density at radius 2 is 1.62 bits per heavy atom. The van der Waals surface area contributed by atoms with Crippen molar-refractivity contribution in [1.29, 1.82) is 0 Å². The van der Waals surface area contributed by atoms with E-state index in [1.165, 1.54) is 34.6 Å². The molecular weight excluding hydrogens is 267 g/mol. The summed E-state index contributed by atoms with van der Waals surface area (Å²) in [5.74, 6) is 0. The van der Waals surface area contributed by atoms with Gasteiger partial charge in [0.05, 0.1) is 0 Å². The summed E-state index contributed by atoms with van der Waals surface area (Å²) in [6, 6.07) is 0. The van der Waals surface area contributed by atoms with E-state index in [4.69, 9.17) is 5.11 Å². The maximum absolute atomic E-state index is 8.71. The zero-order valence-electron chi connectivity index (χ0n) is 9.05. The second-order valence-electron chi connectivity index (χ2n) is 3.45. The van der Waals surface area contributed by atoms with Gasteiger partial charge in [0.25, 0.3) is 0 Å². The third-order valence-electron chi connectivity index (χ3n) is 2.16. The molecule has 0 heterocycles. The molecule has 0 rings (SSSR count). The van der Waals surface area contributed by atoms with Crippen molar-refractivity contribution in [1.82, 2.24) is 0 Å². The van der Waals surface area contributed by atoms with E-state index in [9.17, 15) is 0 Å². The third-order valence-corrected chi connectivity index (χ3v) is 9.86. The van der Waals surface area contributed by atoms with Crippen molar-refractivity contribution in [3.63, 3.8) is 0 Å². The van der Waals surface area contributed by atoms with Crippen LogP contribution in [0, 0.1) is 0 Å². The van der Waals surface area contributed by atoms with Gasteiger partial charge in [-0.25, -0.2) is 0 Å². The Bertz CT molecular complexity index is 115. The molecule has 77 valence electrons. The summed E-state index contributed by atoms with van der Waals surface area (Å²) < 4.78 is 5.35. The van der Waals surface area contributed by atoms with Gasteiger partial charge in [0.1, 0.15) is 0 Å². The Labute approximate surface area is 90.0 Å². The van der Waals surface area contributed by atoms with E-state index in [0.717, 1.165) is 0 Å². The van der Waals surface area contributed by atoms with Gasteiger partial charge in [0.15, 0.2) is 0 Å². The first-order chi connectivity index (χ1) is 6.35. The van der Waals surface area contributed by atoms with Crippen molar-refractivity contribution in [3.05, 3.63) is 10.2 Å². The van der Waals surface area contributed by atoms with Gasteiger partial charge in [-0.05, 0) is 0 Å². The Morgan fingerprint density at radius 3 is 2.00 bits per heavy atom. The number of aliphatic hydroxyl groups excluding tert-OH is 1. The second-order valence-corrected chi connectivity index (χ2v) is 11.0. The summed E-state index contributed by atoms with van der Waals surface area (Å²) in [5, 5.41) is 8.71. The summed E-state index contributed by atoms with van der Waals surface area (Å²) >= 11 is -1.18. The van der Waals surface area contributed by atoms with E-state index in [1.807, 2.05) is 6.08 Å². The van der Waals surface area contributed by atoms with Gasteiger partial charge >= 0.3 is 90.0 Å². The van der Waals surface area contributed by atoms with Crippen LogP contribution in [0.15, 0.2) is 10.2 Å². The molecule has 1 radical (unpaired) electrons. The van der Waals surface area contributed by atoms with Gasteiger partial charge in [-0.15, -0.1) is 0 Å². The van der Waals surface area contributed by atoms with Crippen LogP contribution < -0.4 is 0 Å². The molecular formula is C11H23OSn. The van der Waals surface area contributed by atoms with Gasteiger partial charge in [0, 0.05) is 0 Å². The number of unbranched alkanes of at least 4 members (excludes halogenated alkanes) is 2. The summed E-state index contributed by atoms with van der Waals surface area (Å²) in [5.41, 5.74) is 0. The molecule has 0 saturated heterocycles. The Balaban J connectivity index is 3.66. The zero-order valence-corrected chi connectivity index (χ0v) is 11.9. The van der Waals surface area contributed by atoms with Crippen LogP contribution in [0.25, 0.3) is 0 Å². The van der Waals surface area contributed by atoms with Crippen molar-refractivity contribution >= 4 is 19.8 Å². The predicted molar refractivity (Wildman–Crippen MR) is 61.4 cm³/mol. The van der Waals surface area contributed by atoms with Gasteiger partial charge in [-0.3, -0.25) is 0 Å². The molecule has 13 heavy (non-hydrogen) atoms. The van der Waals surface area contributed by atoms with E-state index >= 15 is 0 Å². The van der Waals surface area contributed by atoms with Gasteiger partial charge in [-0.2, -0.15) is 0 Å². The van der Waals surface area contributed by atoms with Crippen molar-refractivity contribution < 1.29 is 5.11 Å². The predicted octanol–water partition coefficient (Wildman–Crippen LogP) is 3.17. The normalized spacial score (nSPS) is 11.7. The van der Waals surface area contributed by atoms with Crippen LogP contribution >= 0.6 is 0 Å². The molecule has 0 spiro atoms. The molecule has 0 aliphatic rings. The van der Waals surface area contributed by atoms with E-state index in [0.29, 0.717) is 0 Å². The molecule has 1 N–H and O–H groups in total. The first-order valence-electron chi connectivity index (χ1n) is 5.47. The Kier molecular flexibility index (Phi) is 11.0. The maximum atomic E-state index is 8.71. The molecule has 0 aromatic carbocycles. The molecule has 1 nitrogen and oxygen atoms in total. The first-order valence-corrected chi connectivity index (χ1v) is 11.2. The summed E-state index contributed by atoms with van der Waals surface area (Å²) in [7, 11) is 0. The molecule has 0 aliphatic heterocycles. The van der Waals surface area contributed by atoms with E-state index in [1.54, 1.807) is 0 Å². The van der Waals surface area contributed by atoms with Crippen LogP contribution in [-0.2, 0) is 0 Å². The number of rotatable bonds is 8. The average molecular weight is 290 g/mol. The monoisotopic (exact) mass is 291 g/mol. The third kappa shape index (κ3) is 8.82. The average Bonchev–Trinajstić information content (AvgIpc) is 2.17. The molecule has 0 fully saturated rings. The molecule has 2 heteroatoms. The molecule has 0 saturated carbocycles. The minimum atomic E-state index is -1.18. The topological polar surface area (TPSA) is 20.2 Å². The number of hydrogen-bond acceptors (Lipinski definition) is 1. The molecule has 0 aromatic heterocycles. The van der Waals surface area contributed by atoms with E-state index < -0.39 is 19.8 Å². The Morgan fingerprint density at radius 1 is 1.08 bits per heavy atom. The number of aliphatic hydroxyl groups is 1. The standard InChI is InChI=1S/2C4H9.C3H5O.Sn/c2*1-3-4-2;1-2-3-4;/h2*1,3-4H2,2H3;1-2,4H,3H2;. The van der Waals surface area contributed by atoms with Crippen molar-refractivity contribution in [2.75, 3.05) is 6.61 Å². The van der Waals surface area contributed by atoms with Crippen molar-refractivity contribution in [2.45, 2.75) is 48.4 Å². The molecule has 0 aromatic rings. The van der Waals surface area contributed by atoms with Crippen LogP contribution in [0.2, 0.25) is 8.87 Å². The SMILES string of the molecule is CCC[CH2][Sn](/[CH]=C\CO)[CH2]CCC. The van der Waals surface area contributed by atoms with Crippen molar-refractivity contribution in [2.24, 2.45) is 0 Å². The molecule has 0 unspecified atom stereocenters. The number of hydrogen-bond donors (Lipinski definition) is 1. The molecule has 0 atom stereocenters. The fourth-order valence-electron chi connectivity index (χ4n) is 1.32. The molecule has 0 amide bonds. The van der Waals surface area contributed by atoms with Crippen LogP contribution in [0.3, 0.4) is 0 Å². The van der Waals surface area contributed by atoms with Crippen LogP contribution in [0.5, 0.6) is 0 Å². The van der Waals surface area contributed by atoms with Gasteiger partial charge < -0.3 is 0 Å². The fourth-order valence-corrected chi connectivity index (χ4v) is 8.85. The van der Waals surface area contributed by atoms with Crippen LogP contribution in [0.1, 0.15) is 39.5 Å². The van der Waals surface area contributed by atoms with Gasteiger partial charge in [-0.1, -0.05) is 0 Å². The fraction of sp³-hybridized carbons (Fsp3) is 0.818. The molecule has 0 bridgehead atoms. The summed E-state index contributed by atoms with van der Waals surface area (Å²) in [6.45, 7) is 4.76. The molecule has 0 aliphatic carbocycles.